The first kappa shape index (κ1) is 25.0. The van der Waals surface area contributed by atoms with E-state index in [0.29, 0.717) is 24.0 Å². The van der Waals surface area contributed by atoms with Crippen molar-refractivity contribution in [3.63, 3.8) is 0 Å². The number of hydrogen-bond donors (Lipinski definition) is 2. The molecule has 2 aromatic carbocycles. The molecule has 1 saturated heterocycles. The topological polar surface area (TPSA) is 119 Å². The molecule has 5 aromatic rings. The fraction of sp³-hybridized carbons (Fsp3) is 0.345. The Hall–Kier alpha value is -4.31. The van der Waals surface area contributed by atoms with Gasteiger partial charge in [0.2, 0.25) is 11.9 Å². The zero-order chi connectivity index (χ0) is 27.1. The van der Waals surface area contributed by atoms with Crippen molar-refractivity contribution in [3.05, 3.63) is 71.5 Å². The van der Waals surface area contributed by atoms with Gasteiger partial charge in [0.05, 0.1) is 17.4 Å². The number of carbonyl (C=O) groups excluding carboxylic acids is 1. The van der Waals surface area contributed by atoms with Crippen molar-refractivity contribution in [2.45, 2.75) is 52.1 Å². The van der Waals surface area contributed by atoms with Crippen LogP contribution in [0.2, 0.25) is 0 Å². The lowest BCUT2D eigenvalue weighted by Crippen LogP contribution is -2.40. The van der Waals surface area contributed by atoms with Crippen LogP contribution in [0.15, 0.2) is 54.9 Å². The number of carbonyl (C=O) groups is 1. The van der Waals surface area contributed by atoms with Crippen molar-refractivity contribution in [1.82, 2.24) is 29.4 Å². The number of piperidine rings is 1. The van der Waals surface area contributed by atoms with Gasteiger partial charge in [-0.15, -0.1) is 0 Å². The highest BCUT2D eigenvalue weighted by atomic mass is 16.1. The summed E-state index contributed by atoms with van der Waals surface area (Å²) in [4.78, 5) is 23.9. The summed E-state index contributed by atoms with van der Waals surface area (Å²) in [7, 11) is 0. The molecule has 0 atom stereocenters. The number of nitrogens with zero attached hydrogens (tertiary/aromatic N) is 7. The third-order valence-corrected chi connectivity index (χ3v) is 7.41. The Morgan fingerprint density at radius 1 is 1.13 bits per heavy atom. The number of nitrogens with one attached hydrogen (secondary N) is 1. The van der Waals surface area contributed by atoms with Crippen LogP contribution in [-0.4, -0.2) is 54.3 Å². The van der Waals surface area contributed by atoms with Crippen LogP contribution in [0.5, 0.6) is 0 Å². The fourth-order valence-electron chi connectivity index (χ4n) is 5.07. The Balaban J connectivity index is 1.34. The molecular formula is C29H33N9O. The maximum absolute atomic E-state index is 11.8. The number of benzene rings is 2. The number of Topliss-reactive ketones (excluding diaryl/α,β-unsaturated/α-hetero) is 1. The number of para-hydroxylation sites is 1. The number of ketones is 1. The number of anilines is 2. The van der Waals surface area contributed by atoms with Gasteiger partial charge in [-0.1, -0.05) is 32.0 Å². The maximum Gasteiger partial charge on any atom is 0.230 e. The average Bonchev–Trinajstić information content (AvgIpc) is 3.56. The van der Waals surface area contributed by atoms with Crippen molar-refractivity contribution in [2.24, 2.45) is 5.73 Å². The number of hydrogen-bond acceptors (Lipinski definition) is 8. The molecule has 0 saturated carbocycles. The second kappa shape index (κ2) is 10.1. The average molecular weight is 524 g/mol. The second-order valence-electron chi connectivity index (χ2n) is 10.5. The van der Waals surface area contributed by atoms with E-state index in [-0.39, 0.29) is 17.7 Å². The van der Waals surface area contributed by atoms with Gasteiger partial charge in [0, 0.05) is 48.4 Å². The molecular weight excluding hydrogens is 490 g/mol. The van der Waals surface area contributed by atoms with Crippen molar-refractivity contribution in [1.29, 1.82) is 0 Å². The minimum atomic E-state index is 0.0384. The largest absolute Gasteiger partial charge is 0.350 e. The highest BCUT2D eigenvalue weighted by molar-refractivity contribution is 5.97. The van der Waals surface area contributed by atoms with E-state index in [9.17, 15) is 4.79 Å². The van der Waals surface area contributed by atoms with Gasteiger partial charge in [0.1, 0.15) is 0 Å². The fourth-order valence-corrected chi connectivity index (χ4v) is 5.07. The van der Waals surface area contributed by atoms with E-state index in [1.54, 1.807) is 11.4 Å². The van der Waals surface area contributed by atoms with Crippen LogP contribution in [0.4, 0.5) is 11.9 Å². The summed E-state index contributed by atoms with van der Waals surface area (Å²) >= 11 is 0. The maximum atomic E-state index is 11.8. The van der Waals surface area contributed by atoms with E-state index >= 15 is 0 Å². The zero-order valence-electron chi connectivity index (χ0n) is 22.5. The van der Waals surface area contributed by atoms with Gasteiger partial charge in [0.25, 0.3) is 0 Å². The third-order valence-electron chi connectivity index (χ3n) is 7.41. The predicted molar refractivity (Wildman–Crippen MR) is 153 cm³/mol. The van der Waals surface area contributed by atoms with Gasteiger partial charge in [0.15, 0.2) is 11.4 Å². The van der Waals surface area contributed by atoms with Crippen LogP contribution in [0.25, 0.3) is 22.2 Å². The normalized spacial score (nSPS) is 14.5. The second-order valence-corrected chi connectivity index (χ2v) is 10.5. The first-order valence-electron chi connectivity index (χ1n) is 13.5. The van der Waals surface area contributed by atoms with E-state index in [1.165, 1.54) is 0 Å². The molecule has 0 unspecified atom stereocenters. The Bertz CT molecular complexity index is 1660. The molecule has 10 nitrogen and oxygen atoms in total. The van der Waals surface area contributed by atoms with Crippen LogP contribution >= 0.6 is 0 Å². The summed E-state index contributed by atoms with van der Waals surface area (Å²) in [5.41, 5.74) is 11.6. The SMILES string of the molecule is CC(=O)c1ccc2nn(-c3ccccc3CNc3nc(N4CCC(N)CC4)nc4c(C(C)C)cnn34)cc2c1. The van der Waals surface area contributed by atoms with Crippen LogP contribution in [-0.2, 0) is 6.54 Å². The minimum Gasteiger partial charge on any atom is -0.350 e. The van der Waals surface area contributed by atoms with E-state index in [1.807, 2.05) is 53.5 Å². The summed E-state index contributed by atoms with van der Waals surface area (Å²) in [5.74, 6) is 1.66. The van der Waals surface area contributed by atoms with Crippen LogP contribution in [0.3, 0.4) is 0 Å². The van der Waals surface area contributed by atoms with Crippen LogP contribution in [0.1, 0.15) is 61.0 Å². The predicted octanol–water partition coefficient (Wildman–Crippen LogP) is 4.33. The molecule has 0 spiro atoms. The lowest BCUT2D eigenvalue weighted by atomic mass is 10.1. The summed E-state index contributed by atoms with van der Waals surface area (Å²) in [5, 5.41) is 13.8. The quantitative estimate of drug-likeness (QED) is 0.303. The standard InChI is InChI=1S/C29H33N9O/c1-18(2)24-16-32-38-27(24)33-29(36-12-10-23(30)11-13-36)34-28(38)31-15-21-6-4-5-7-26(21)37-17-22-14-20(19(3)39)8-9-25(22)35-37/h4-9,14,16-18,23H,10-13,15,30H2,1-3H3,(H,31,33,34). The Morgan fingerprint density at radius 2 is 1.92 bits per heavy atom. The third kappa shape index (κ3) is 4.83. The molecule has 6 rings (SSSR count). The molecule has 1 aliphatic rings. The van der Waals surface area contributed by atoms with Crippen molar-refractivity contribution in [3.8, 4) is 5.69 Å². The molecule has 4 heterocycles. The van der Waals surface area contributed by atoms with Gasteiger partial charge in [-0.2, -0.15) is 24.7 Å². The van der Waals surface area contributed by atoms with Gasteiger partial charge in [-0.3, -0.25) is 4.79 Å². The minimum absolute atomic E-state index is 0.0384. The number of aromatic nitrogens is 6. The summed E-state index contributed by atoms with van der Waals surface area (Å²) in [6.07, 6.45) is 5.69. The number of rotatable bonds is 7. The molecule has 0 radical (unpaired) electrons. The highest BCUT2D eigenvalue weighted by Gasteiger charge is 2.22. The van der Waals surface area contributed by atoms with E-state index in [2.05, 4.69) is 35.2 Å². The molecule has 10 heteroatoms. The first-order valence-corrected chi connectivity index (χ1v) is 13.5. The lowest BCUT2D eigenvalue weighted by Gasteiger charge is -2.30. The van der Waals surface area contributed by atoms with Crippen LogP contribution in [0, 0.1) is 0 Å². The van der Waals surface area contributed by atoms with Crippen LogP contribution < -0.4 is 16.0 Å². The molecule has 200 valence electrons. The van der Waals surface area contributed by atoms with Crippen molar-refractivity contribution < 1.29 is 4.79 Å². The summed E-state index contributed by atoms with van der Waals surface area (Å²) in [6.45, 7) is 8.06. The van der Waals surface area contributed by atoms with Crippen molar-refractivity contribution >= 4 is 34.2 Å². The number of fused-ring (bicyclic) bond motifs is 2. The molecule has 0 aliphatic carbocycles. The summed E-state index contributed by atoms with van der Waals surface area (Å²) in [6, 6.07) is 13.9. The Kier molecular flexibility index (Phi) is 6.48. The van der Waals surface area contributed by atoms with Gasteiger partial charge in [-0.25, -0.2) is 4.68 Å². The Labute approximate surface area is 226 Å². The van der Waals surface area contributed by atoms with Gasteiger partial charge >= 0.3 is 0 Å². The van der Waals surface area contributed by atoms with E-state index in [0.717, 1.165) is 59.3 Å². The first-order chi connectivity index (χ1) is 18.9. The molecule has 0 amide bonds. The Morgan fingerprint density at radius 3 is 2.69 bits per heavy atom. The van der Waals surface area contributed by atoms with Crippen molar-refractivity contribution in [2.75, 3.05) is 23.3 Å². The molecule has 39 heavy (non-hydrogen) atoms. The monoisotopic (exact) mass is 523 g/mol. The molecule has 3 N–H and O–H groups in total. The zero-order valence-corrected chi connectivity index (χ0v) is 22.5. The van der Waals surface area contributed by atoms with Gasteiger partial charge < -0.3 is 16.0 Å². The van der Waals surface area contributed by atoms with E-state index in [4.69, 9.17) is 20.8 Å². The van der Waals surface area contributed by atoms with Gasteiger partial charge in [-0.05, 0) is 55.5 Å². The summed E-state index contributed by atoms with van der Waals surface area (Å²) < 4.78 is 3.66. The number of nitrogens with two attached hydrogens (primary N) is 1. The van der Waals surface area contributed by atoms with E-state index < -0.39 is 0 Å². The lowest BCUT2D eigenvalue weighted by molar-refractivity contribution is 0.101. The molecule has 0 bridgehead atoms. The molecule has 3 aromatic heterocycles. The smallest absolute Gasteiger partial charge is 0.230 e. The highest BCUT2D eigenvalue weighted by Crippen LogP contribution is 2.26. The molecule has 1 aliphatic heterocycles. The molecule has 1 fully saturated rings.